The van der Waals surface area contributed by atoms with Gasteiger partial charge in [0.15, 0.2) is 0 Å². The predicted octanol–water partition coefficient (Wildman–Crippen LogP) is 19.8. The molecule has 0 radical (unpaired) electrons. The van der Waals surface area contributed by atoms with Crippen LogP contribution in [0.15, 0.2) is 180 Å². The fraction of sp³-hybridized carbons (Fsp3) is 0.565. The molecule has 9 aliphatic carbocycles. The molecule has 0 unspecified atom stereocenters. The molecule has 5 saturated heterocycles. The van der Waals surface area contributed by atoms with Gasteiger partial charge in [-0.25, -0.2) is 8.78 Å². The van der Waals surface area contributed by atoms with E-state index in [0.717, 1.165) is 116 Å². The SMILES string of the molecule is C[C@]12CC=C3C=C4CCC(=O)C[C@]45CC[C@]3(O5)[C@@H]1CC[C@@H]2c1ccc2ccncc2c1.C[C@]12CC=C3C=C4CC[C@@H](N5CC[C@H](F)C5)C[C@]45CC[C@]3(O5)[C@@H]1CC[C@@H]2c1ccc2ccncc2c1.C[C@]12CC=C3C=C4CC[C@H](N5CC[C@H](F)C5)C[C@]45CC[C@]3(O5)[C@@H]1CC[C@@H]2c1ccc2ccncc2c1. The first-order valence-electron chi connectivity index (χ1n) is 40.7. The van der Waals surface area contributed by atoms with Gasteiger partial charge in [0.05, 0.1) is 33.6 Å². The first-order valence-corrected chi connectivity index (χ1v) is 40.7. The molecule has 6 bridgehead atoms. The second kappa shape index (κ2) is 23.3. The minimum absolute atomic E-state index is 0.111. The summed E-state index contributed by atoms with van der Waals surface area (Å²) in [6.45, 7) is 10.7. The standard InChI is InChI=1S/2C32H37FN2O.C28H29NO2/c2*1-30-11-8-25-17-24-4-5-27(35-15-10-26(33)20-35)18-31(24)12-13-32(25,36-31)29(30)7-6-28(30)22-3-2-21-9-14-34-19-23(21)16-22;1-26-10-8-22-15-21-4-5-23(30)16-27(21)11-12-28(22,31-27)25(26)7-6-24(26)19-3-2-18-9-13-29-17-20(18)14-19/h2*2-3,8-9,14,16-17,19,26-29H,4-7,10-13,15,18,20H2,1H3;2-3,8-9,13-15,17,24-25H,4-7,10-12,16H2,1H3/t26-,27+,28+,29+,30+,31+,32+;26-,27-,28+,29+,30+,31+,32+;24-,25-,26-,27-,28-/m001/s1. The third-order valence-electron chi connectivity index (χ3n) is 32.4. The molecular weight excluding hydrogens is 1280 g/mol. The van der Waals surface area contributed by atoms with Crippen LogP contribution >= 0.6 is 0 Å². The van der Waals surface area contributed by atoms with E-state index in [4.69, 9.17) is 14.2 Å². The maximum absolute atomic E-state index is 14.0. The van der Waals surface area contributed by atoms with Crippen molar-refractivity contribution in [1.82, 2.24) is 24.8 Å². The van der Waals surface area contributed by atoms with Gasteiger partial charge in [0.2, 0.25) is 0 Å². The molecule has 0 N–H and O–H groups in total. The van der Waals surface area contributed by atoms with Crippen LogP contribution < -0.4 is 0 Å². The van der Waals surface area contributed by atoms with Crippen LogP contribution in [-0.4, -0.2) is 115 Å². The summed E-state index contributed by atoms with van der Waals surface area (Å²) >= 11 is 0. The molecule has 11 fully saturated rings. The molecule has 103 heavy (non-hydrogen) atoms. The lowest BCUT2D eigenvalue weighted by molar-refractivity contribution is -0.146. The highest BCUT2D eigenvalue weighted by Gasteiger charge is 2.70. The molecule has 0 amide bonds. The van der Waals surface area contributed by atoms with E-state index in [1.165, 1.54) is 121 Å². The molecule has 23 rings (SSSR count). The first-order chi connectivity index (χ1) is 50.0. The highest BCUT2D eigenvalue weighted by atomic mass is 19.1. The van der Waals surface area contributed by atoms with Crippen molar-refractivity contribution in [3.05, 3.63) is 197 Å². The van der Waals surface area contributed by atoms with Crippen LogP contribution in [0.1, 0.15) is 222 Å². The second-order valence-corrected chi connectivity index (χ2v) is 36.8. The zero-order valence-corrected chi connectivity index (χ0v) is 61.0. The van der Waals surface area contributed by atoms with Crippen LogP contribution in [0.25, 0.3) is 32.3 Å². The molecule has 6 spiro atoms. The molecule has 6 aromatic rings. The van der Waals surface area contributed by atoms with Crippen molar-refractivity contribution in [2.45, 2.75) is 263 Å². The molecule has 9 nitrogen and oxygen atoms in total. The van der Waals surface area contributed by atoms with Gasteiger partial charge in [0.1, 0.15) is 18.1 Å². The number of rotatable bonds is 5. The van der Waals surface area contributed by atoms with Crippen molar-refractivity contribution in [3.63, 3.8) is 0 Å². The van der Waals surface area contributed by atoms with Gasteiger partial charge in [-0.2, -0.15) is 0 Å². The third kappa shape index (κ3) is 9.60. The summed E-state index contributed by atoms with van der Waals surface area (Å²) in [5.41, 5.74) is 12.9. The fourth-order valence-electron chi connectivity index (χ4n) is 27.4. The lowest BCUT2D eigenvalue weighted by Crippen LogP contribution is -2.55. The smallest absolute Gasteiger partial charge is 0.136 e. The molecule has 11 heterocycles. The minimum Gasteiger partial charge on any atom is -0.359 e. The van der Waals surface area contributed by atoms with Crippen molar-refractivity contribution in [2.75, 3.05) is 26.2 Å². The van der Waals surface area contributed by atoms with E-state index < -0.39 is 12.3 Å². The van der Waals surface area contributed by atoms with Crippen LogP contribution in [0, 0.1) is 34.0 Å². The Kier molecular flexibility index (Phi) is 14.7. The number of fused-ring (bicyclic) bond motifs is 6. The number of alkyl halides is 2. The quantitative estimate of drug-likeness (QED) is 0.167. The number of hydrogen-bond acceptors (Lipinski definition) is 9. The number of pyridine rings is 3. The highest BCUT2D eigenvalue weighted by molar-refractivity contribution is 5.85. The number of allylic oxidation sites excluding steroid dienone is 3. The number of ether oxygens (including phenoxy) is 3. The molecule has 3 aromatic heterocycles. The van der Waals surface area contributed by atoms with E-state index >= 15 is 0 Å². The van der Waals surface area contributed by atoms with Crippen molar-refractivity contribution in [1.29, 1.82) is 0 Å². The van der Waals surface area contributed by atoms with E-state index in [-0.39, 0.29) is 49.9 Å². The Morgan fingerprint density at radius 3 is 1.18 bits per heavy atom. The summed E-state index contributed by atoms with van der Waals surface area (Å²) in [5.74, 6) is 3.65. The van der Waals surface area contributed by atoms with E-state index in [2.05, 4.69) is 155 Å². The fourth-order valence-corrected chi connectivity index (χ4v) is 27.4. The number of carbonyl (C=O) groups is 1. The van der Waals surface area contributed by atoms with Crippen molar-refractivity contribution in [2.24, 2.45) is 34.0 Å². The maximum atomic E-state index is 14.0. The van der Waals surface area contributed by atoms with E-state index in [1.807, 2.05) is 37.2 Å². The zero-order valence-electron chi connectivity index (χ0n) is 61.0. The Bertz CT molecular complexity index is 4530. The van der Waals surface area contributed by atoms with Crippen LogP contribution in [-0.2, 0) is 19.0 Å². The van der Waals surface area contributed by atoms with Gasteiger partial charge in [0.25, 0.3) is 0 Å². The Morgan fingerprint density at radius 2 is 0.796 bits per heavy atom. The number of likely N-dealkylation sites (tertiary alicyclic amines) is 2. The van der Waals surface area contributed by atoms with Gasteiger partial charge >= 0.3 is 0 Å². The van der Waals surface area contributed by atoms with Gasteiger partial charge < -0.3 is 14.2 Å². The topological polar surface area (TPSA) is 89.9 Å². The molecule has 11 heteroatoms. The average Bonchev–Trinajstić information content (AvgIpc) is 1.54. The Hall–Kier alpha value is -6.34. The summed E-state index contributed by atoms with van der Waals surface area (Å²) in [4.78, 5) is 30.3. The number of aromatic nitrogens is 3. The number of Topliss-reactive ketones (excluding diaryl/α,β-unsaturated/α-hetero) is 1. The summed E-state index contributed by atoms with van der Waals surface area (Å²) in [7, 11) is 0. The lowest BCUT2D eigenvalue weighted by atomic mass is 9.58. The lowest BCUT2D eigenvalue weighted by Gasteiger charge is -2.55. The Labute approximate surface area is 607 Å². The van der Waals surface area contributed by atoms with Gasteiger partial charge in [-0.15, -0.1) is 0 Å². The summed E-state index contributed by atoms with van der Waals surface area (Å²) < 4.78 is 50.1. The van der Waals surface area contributed by atoms with Crippen molar-refractivity contribution in [3.8, 4) is 0 Å². The van der Waals surface area contributed by atoms with E-state index in [9.17, 15) is 13.6 Å². The summed E-state index contributed by atoms with van der Waals surface area (Å²) in [6.07, 6.45) is 53.2. The molecule has 8 aliphatic heterocycles. The van der Waals surface area contributed by atoms with Crippen LogP contribution in [0.4, 0.5) is 8.78 Å². The number of ketones is 1. The maximum Gasteiger partial charge on any atom is 0.136 e. The number of carbonyl (C=O) groups excluding carboxylic acids is 1. The molecule has 6 saturated carbocycles. The number of hydrogen-bond donors (Lipinski definition) is 0. The molecule has 534 valence electrons. The first kappa shape index (κ1) is 65.0. The molecular formula is C92H103F2N5O4. The largest absolute Gasteiger partial charge is 0.359 e. The summed E-state index contributed by atoms with van der Waals surface area (Å²) in [6, 6.07) is 28.3. The number of benzene rings is 3. The van der Waals surface area contributed by atoms with Gasteiger partial charge in [-0.3, -0.25) is 29.5 Å². The van der Waals surface area contributed by atoms with Crippen molar-refractivity contribution < 1.29 is 27.8 Å². The highest BCUT2D eigenvalue weighted by Crippen LogP contribution is 2.73. The van der Waals surface area contributed by atoms with Gasteiger partial charge in [-0.05, 0) is 309 Å². The minimum atomic E-state index is -0.642. The predicted molar refractivity (Wildman–Crippen MR) is 402 cm³/mol. The second-order valence-electron chi connectivity index (χ2n) is 36.8. The Balaban J connectivity index is 0.000000100. The van der Waals surface area contributed by atoms with Gasteiger partial charge in [-0.1, -0.05) is 93.6 Å². The van der Waals surface area contributed by atoms with Crippen LogP contribution in [0.2, 0.25) is 0 Å². The van der Waals surface area contributed by atoms with E-state index in [1.54, 1.807) is 0 Å². The van der Waals surface area contributed by atoms with Gasteiger partial charge in [0, 0.05) is 104 Å². The Morgan fingerprint density at radius 1 is 0.417 bits per heavy atom. The molecule has 17 aliphatic rings. The summed E-state index contributed by atoms with van der Waals surface area (Å²) in [5, 5.41) is 7.54. The number of nitrogens with zero attached hydrogens (tertiary/aromatic N) is 5. The van der Waals surface area contributed by atoms with E-state index in [0.29, 0.717) is 92.1 Å². The van der Waals surface area contributed by atoms with Crippen LogP contribution in [0.3, 0.4) is 0 Å². The average molecular weight is 1380 g/mol. The monoisotopic (exact) mass is 1380 g/mol. The number of halogens is 2. The van der Waals surface area contributed by atoms with Crippen molar-refractivity contribution >= 4 is 38.1 Å². The van der Waals surface area contributed by atoms with Crippen LogP contribution in [0.5, 0.6) is 0 Å². The normalized spacial score (nSPS) is 42.7. The third-order valence-corrected chi connectivity index (χ3v) is 32.4. The zero-order chi connectivity index (χ0) is 69.1. The molecule has 19 atom stereocenters. The molecule has 3 aromatic carbocycles.